The van der Waals surface area contributed by atoms with E-state index in [-0.39, 0.29) is 10.8 Å². The normalized spacial score (nSPS) is 15.1. The van der Waals surface area contributed by atoms with Crippen molar-refractivity contribution in [3.63, 3.8) is 0 Å². The lowest BCUT2D eigenvalue weighted by Gasteiger charge is -2.28. The molecule has 0 spiro atoms. The van der Waals surface area contributed by atoms with Gasteiger partial charge in [-0.1, -0.05) is 114 Å². The zero-order valence-electron chi connectivity index (χ0n) is 25.1. The molecule has 0 nitrogen and oxygen atoms in total. The molecule has 0 radical (unpaired) electrons. The molecule has 0 atom stereocenters. The molecule has 0 fully saturated rings. The molecule has 0 N–H and O–H groups in total. The van der Waals surface area contributed by atoms with Crippen LogP contribution in [0.3, 0.4) is 0 Å². The summed E-state index contributed by atoms with van der Waals surface area (Å²) in [5.41, 5.74) is 21.9. The molecule has 0 aliphatic heterocycles. The smallest absolute Gasteiger partial charge is 0.000707 e. The van der Waals surface area contributed by atoms with Gasteiger partial charge < -0.3 is 0 Å². The lowest BCUT2D eigenvalue weighted by atomic mass is 9.75. The Morgan fingerprint density at radius 2 is 1.38 bits per heavy atom. The Bertz CT molecular complexity index is 1770. The molecule has 0 saturated heterocycles. The Morgan fingerprint density at radius 3 is 2.10 bits per heavy atom. The van der Waals surface area contributed by atoms with Crippen molar-refractivity contribution in [1.82, 2.24) is 0 Å². The van der Waals surface area contributed by atoms with Crippen molar-refractivity contribution in [3.8, 4) is 33.4 Å². The first-order valence-corrected chi connectivity index (χ1v) is 14.9. The molecule has 0 amide bonds. The summed E-state index contributed by atoms with van der Waals surface area (Å²) in [5.74, 6) is 0. The third kappa shape index (κ3) is 3.80. The van der Waals surface area contributed by atoms with Crippen LogP contribution in [0.5, 0.6) is 0 Å². The van der Waals surface area contributed by atoms with Gasteiger partial charge in [-0.05, 0) is 127 Å². The Hall–Kier alpha value is -3.64. The predicted octanol–water partition coefficient (Wildman–Crippen LogP) is 10.7. The lowest BCUT2D eigenvalue weighted by Crippen LogP contribution is -2.15. The maximum absolute atomic E-state index is 2.57. The van der Waals surface area contributed by atoms with Crippen LogP contribution in [-0.4, -0.2) is 0 Å². The van der Waals surface area contributed by atoms with E-state index in [2.05, 4.69) is 127 Å². The van der Waals surface area contributed by atoms with Crippen LogP contribution < -0.4 is 0 Å². The molecule has 0 saturated carbocycles. The van der Waals surface area contributed by atoms with Crippen LogP contribution in [0.2, 0.25) is 0 Å². The van der Waals surface area contributed by atoms with Gasteiger partial charge in [0.1, 0.15) is 0 Å². The monoisotopic (exact) mass is 520 g/mol. The van der Waals surface area contributed by atoms with Crippen LogP contribution in [0.4, 0.5) is 0 Å². The summed E-state index contributed by atoms with van der Waals surface area (Å²) in [6.07, 6.45) is 9.92. The van der Waals surface area contributed by atoms with Gasteiger partial charge in [0.05, 0.1) is 0 Å². The molecule has 4 aromatic carbocycles. The van der Waals surface area contributed by atoms with E-state index in [1.165, 1.54) is 83.5 Å². The third-order valence-corrected chi connectivity index (χ3v) is 9.44. The highest BCUT2D eigenvalue weighted by Crippen LogP contribution is 2.52. The first kappa shape index (κ1) is 25.3. The zero-order chi connectivity index (χ0) is 28.0. The molecule has 4 aromatic rings. The van der Waals surface area contributed by atoms with Gasteiger partial charge in [0.25, 0.3) is 0 Å². The number of allylic oxidation sites excluding steroid dienone is 4. The van der Waals surface area contributed by atoms with Crippen LogP contribution in [0.1, 0.15) is 92.5 Å². The number of hydrogen-bond acceptors (Lipinski definition) is 0. The molecule has 0 heterocycles. The molecule has 0 aromatic heterocycles. The molecule has 3 aliphatic carbocycles. The van der Waals surface area contributed by atoms with Crippen molar-refractivity contribution in [3.05, 3.63) is 123 Å². The minimum atomic E-state index is 0.0329. The van der Waals surface area contributed by atoms with E-state index >= 15 is 0 Å². The van der Waals surface area contributed by atoms with E-state index in [4.69, 9.17) is 0 Å². The highest BCUT2D eigenvalue weighted by Gasteiger charge is 2.32. The van der Waals surface area contributed by atoms with Gasteiger partial charge in [0.2, 0.25) is 0 Å². The molecule has 0 bridgehead atoms. The highest BCUT2D eigenvalue weighted by molar-refractivity contribution is 5.97. The van der Waals surface area contributed by atoms with Crippen molar-refractivity contribution < 1.29 is 0 Å². The number of hydrogen-bond donors (Lipinski definition) is 0. The zero-order valence-corrected chi connectivity index (χ0v) is 25.1. The van der Waals surface area contributed by atoms with Crippen LogP contribution in [0.15, 0.2) is 78.9 Å². The second-order valence-electron chi connectivity index (χ2n) is 14.2. The van der Waals surface area contributed by atoms with Crippen LogP contribution in [0, 0.1) is 6.92 Å². The largest absolute Gasteiger partial charge is 0.0801 e. The van der Waals surface area contributed by atoms with Gasteiger partial charge in [-0.15, -0.1) is 0 Å². The summed E-state index contributed by atoms with van der Waals surface area (Å²) in [6.45, 7) is 16.5. The SMILES string of the molecule is Cc1c(C2=CC=CC2)c(-c2c(C(C)(C)C)ccc3c2Cc2cc(C(C)(C)C)ccc2-3)cc2c1-c1ccccc1C2. The Kier molecular flexibility index (Phi) is 5.50. The first-order valence-electron chi connectivity index (χ1n) is 14.9. The van der Waals surface area contributed by atoms with E-state index in [0.717, 1.165) is 19.3 Å². The van der Waals surface area contributed by atoms with Crippen molar-refractivity contribution >= 4 is 5.57 Å². The van der Waals surface area contributed by atoms with E-state index in [1.807, 2.05) is 0 Å². The quantitative estimate of drug-likeness (QED) is 0.213. The van der Waals surface area contributed by atoms with Crippen molar-refractivity contribution in [2.45, 2.75) is 78.6 Å². The van der Waals surface area contributed by atoms with Gasteiger partial charge in [-0.2, -0.15) is 0 Å². The number of fused-ring (bicyclic) bond motifs is 6. The lowest BCUT2D eigenvalue weighted by molar-refractivity contribution is 0.589. The fourth-order valence-electron chi connectivity index (χ4n) is 7.44. The van der Waals surface area contributed by atoms with E-state index in [1.54, 1.807) is 0 Å². The second kappa shape index (κ2) is 8.68. The molecule has 200 valence electrons. The van der Waals surface area contributed by atoms with Gasteiger partial charge >= 0.3 is 0 Å². The van der Waals surface area contributed by atoms with Gasteiger partial charge in [-0.3, -0.25) is 0 Å². The number of benzene rings is 4. The third-order valence-electron chi connectivity index (χ3n) is 9.44. The minimum Gasteiger partial charge on any atom is -0.0801 e. The Balaban J connectivity index is 1.52. The summed E-state index contributed by atoms with van der Waals surface area (Å²) >= 11 is 0. The molecular weight excluding hydrogens is 480 g/mol. The summed E-state index contributed by atoms with van der Waals surface area (Å²) in [6, 6.07) is 23.7. The van der Waals surface area contributed by atoms with Crippen molar-refractivity contribution in [2.75, 3.05) is 0 Å². The van der Waals surface area contributed by atoms with Gasteiger partial charge in [0.15, 0.2) is 0 Å². The summed E-state index contributed by atoms with van der Waals surface area (Å²) in [5, 5.41) is 0. The highest BCUT2D eigenvalue weighted by atomic mass is 14.4. The van der Waals surface area contributed by atoms with E-state index < -0.39 is 0 Å². The second-order valence-corrected chi connectivity index (χ2v) is 14.2. The topological polar surface area (TPSA) is 0 Å². The molecule has 40 heavy (non-hydrogen) atoms. The van der Waals surface area contributed by atoms with Crippen LogP contribution in [-0.2, 0) is 23.7 Å². The first-order chi connectivity index (χ1) is 19.0. The van der Waals surface area contributed by atoms with Gasteiger partial charge in [-0.25, -0.2) is 0 Å². The van der Waals surface area contributed by atoms with Crippen molar-refractivity contribution in [1.29, 1.82) is 0 Å². The molecule has 0 unspecified atom stereocenters. The van der Waals surface area contributed by atoms with E-state index in [0.29, 0.717) is 0 Å². The predicted molar refractivity (Wildman–Crippen MR) is 172 cm³/mol. The fraction of sp³-hybridized carbons (Fsp3) is 0.300. The number of rotatable bonds is 2. The van der Waals surface area contributed by atoms with Crippen LogP contribution >= 0.6 is 0 Å². The van der Waals surface area contributed by atoms with Gasteiger partial charge in [0, 0.05) is 0 Å². The summed E-state index contributed by atoms with van der Waals surface area (Å²) < 4.78 is 0. The molecule has 0 heteroatoms. The van der Waals surface area contributed by atoms with E-state index in [9.17, 15) is 0 Å². The summed E-state index contributed by atoms with van der Waals surface area (Å²) in [7, 11) is 0. The maximum Gasteiger partial charge on any atom is -0.000707 e. The standard InChI is InChI=1S/C40H40/c1-24-36(25-12-8-9-13-25)34(23-28-20-26-14-10-11-15-31(26)37(24)28)38-33-22-27-21-29(39(2,3)4)16-17-30(27)32(33)18-19-35(38)40(5,6)7/h8-12,14-19,21,23H,13,20,22H2,1-7H3. The minimum absolute atomic E-state index is 0.0329. The van der Waals surface area contributed by atoms with Crippen molar-refractivity contribution in [2.24, 2.45) is 0 Å². The Labute approximate surface area is 240 Å². The fourth-order valence-corrected chi connectivity index (χ4v) is 7.44. The van der Waals surface area contributed by atoms with Crippen LogP contribution in [0.25, 0.3) is 39.0 Å². The maximum atomic E-state index is 2.57. The molecule has 3 aliphatic rings. The molecule has 7 rings (SSSR count). The Morgan fingerprint density at radius 1 is 0.600 bits per heavy atom. The average Bonchev–Trinajstić information content (AvgIpc) is 3.63. The molecular formula is C40H40. The summed E-state index contributed by atoms with van der Waals surface area (Å²) in [4.78, 5) is 0. The average molecular weight is 521 g/mol.